The molecule has 0 aliphatic heterocycles. The maximum Gasteiger partial charge on any atom is 0.224 e. The van der Waals surface area contributed by atoms with Gasteiger partial charge in [0.2, 0.25) is 11.8 Å². The molecule has 0 atom stereocenters. The fourth-order valence-electron chi connectivity index (χ4n) is 2.14. The summed E-state index contributed by atoms with van der Waals surface area (Å²) in [6.07, 6.45) is 3.01. The summed E-state index contributed by atoms with van der Waals surface area (Å²) in [5, 5.41) is 5.83. The van der Waals surface area contributed by atoms with Crippen molar-refractivity contribution in [3.05, 3.63) is 48.2 Å². The van der Waals surface area contributed by atoms with Crippen molar-refractivity contribution in [3.8, 4) is 17.4 Å². The van der Waals surface area contributed by atoms with Crippen LogP contribution in [0.2, 0.25) is 0 Å². The van der Waals surface area contributed by atoms with Crippen LogP contribution in [0.15, 0.2) is 42.6 Å². The molecule has 0 bridgehead atoms. The van der Waals surface area contributed by atoms with Crippen LogP contribution < -0.4 is 20.1 Å². The first-order chi connectivity index (χ1) is 12.2. The Hall–Kier alpha value is -2.60. The molecule has 1 heterocycles. The molecule has 1 aromatic heterocycles. The smallest absolute Gasteiger partial charge is 0.224 e. The monoisotopic (exact) mass is 343 g/mol. The highest BCUT2D eigenvalue weighted by atomic mass is 16.5. The maximum absolute atomic E-state index is 11.8. The van der Waals surface area contributed by atoms with Crippen LogP contribution in [0.25, 0.3) is 0 Å². The number of amides is 1. The highest BCUT2D eigenvalue weighted by Crippen LogP contribution is 2.31. The average Bonchev–Trinajstić information content (AvgIpc) is 2.65. The van der Waals surface area contributed by atoms with Crippen molar-refractivity contribution in [2.75, 3.05) is 20.2 Å². The number of nitrogens with one attached hydrogen (secondary N) is 2. The summed E-state index contributed by atoms with van der Waals surface area (Å²) >= 11 is 0. The minimum atomic E-state index is -0.0177. The SMILES string of the molecule is CCCOc1ccccc1Oc1ncccc1CNC(=O)CCNC. The highest BCUT2D eigenvalue weighted by Gasteiger charge is 2.11. The summed E-state index contributed by atoms with van der Waals surface area (Å²) in [6.45, 7) is 3.68. The van der Waals surface area contributed by atoms with Crippen LogP contribution in [0.1, 0.15) is 25.3 Å². The van der Waals surface area contributed by atoms with Crippen molar-refractivity contribution in [1.29, 1.82) is 0 Å². The van der Waals surface area contributed by atoms with Gasteiger partial charge in [-0.15, -0.1) is 0 Å². The van der Waals surface area contributed by atoms with Crippen molar-refractivity contribution in [2.45, 2.75) is 26.3 Å². The second kappa shape index (κ2) is 10.3. The van der Waals surface area contributed by atoms with Gasteiger partial charge in [-0.2, -0.15) is 0 Å². The number of hydrogen-bond donors (Lipinski definition) is 2. The molecule has 1 amide bonds. The van der Waals surface area contributed by atoms with Crippen LogP contribution in [-0.2, 0) is 11.3 Å². The lowest BCUT2D eigenvalue weighted by atomic mass is 10.2. The molecule has 0 fully saturated rings. The largest absolute Gasteiger partial charge is 0.490 e. The molecule has 2 N–H and O–H groups in total. The van der Waals surface area contributed by atoms with E-state index in [0.29, 0.717) is 43.5 Å². The topological polar surface area (TPSA) is 72.5 Å². The van der Waals surface area contributed by atoms with Crippen LogP contribution in [0.5, 0.6) is 17.4 Å². The first kappa shape index (κ1) is 18.7. The standard InChI is InChI=1S/C19H25N3O3/c1-3-13-24-16-8-4-5-9-17(16)25-19-15(7-6-11-21-19)14-22-18(23)10-12-20-2/h4-9,11,20H,3,10,12-14H2,1-2H3,(H,22,23). The van der Waals surface area contributed by atoms with Gasteiger partial charge in [0.25, 0.3) is 0 Å². The number of para-hydroxylation sites is 2. The number of nitrogens with zero attached hydrogens (tertiary/aromatic N) is 1. The molecule has 134 valence electrons. The molecule has 0 saturated carbocycles. The highest BCUT2D eigenvalue weighted by molar-refractivity contribution is 5.76. The fourth-order valence-corrected chi connectivity index (χ4v) is 2.14. The third-order valence-corrected chi connectivity index (χ3v) is 3.45. The van der Waals surface area contributed by atoms with E-state index in [1.165, 1.54) is 0 Å². The van der Waals surface area contributed by atoms with E-state index in [4.69, 9.17) is 9.47 Å². The molecule has 25 heavy (non-hydrogen) atoms. The summed E-state index contributed by atoms with van der Waals surface area (Å²) in [7, 11) is 1.82. The van der Waals surface area contributed by atoms with E-state index in [0.717, 1.165) is 12.0 Å². The van der Waals surface area contributed by atoms with Gasteiger partial charge >= 0.3 is 0 Å². The minimum absolute atomic E-state index is 0.0177. The van der Waals surface area contributed by atoms with Gasteiger partial charge in [0, 0.05) is 31.3 Å². The van der Waals surface area contributed by atoms with Crippen LogP contribution in [0.4, 0.5) is 0 Å². The molecule has 0 saturated heterocycles. The van der Waals surface area contributed by atoms with E-state index >= 15 is 0 Å². The number of carbonyl (C=O) groups excluding carboxylic acids is 1. The molecular formula is C19H25N3O3. The Morgan fingerprint density at radius 1 is 1.16 bits per heavy atom. The average molecular weight is 343 g/mol. The Labute approximate surface area is 148 Å². The molecule has 0 spiro atoms. The summed E-state index contributed by atoms with van der Waals surface area (Å²) in [5.74, 6) is 1.73. The number of carbonyl (C=O) groups is 1. The lowest BCUT2D eigenvalue weighted by Crippen LogP contribution is -2.26. The normalized spacial score (nSPS) is 10.3. The van der Waals surface area contributed by atoms with Gasteiger partial charge in [0.05, 0.1) is 6.61 Å². The van der Waals surface area contributed by atoms with Gasteiger partial charge in [-0.25, -0.2) is 4.98 Å². The van der Waals surface area contributed by atoms with Gasteiger partial charge in [0.15, 0.2) is 11.5 Å². The Bertz CT molecular complexity index is 676. The summed E-state index contributed by atoms with van der Waals surface area (Å²) in [4.78, 5) is 16.1. The van der Waals surface area contributed by atoms with Crippen molar-refractivity contribution in [2.24, 2.45) is 0 Å². The van der Waals surface area contributed by atoms with Gasteiger partial charge in [-0.1, -0.05) is 25.1 Å². The van der Waals surface area contributed by atoms with Crippen LogP contribution in [0.3, 0.4) is 0 Å². The van der Waals surface area contributed by atoms with E-state index in [9.17, 15) is 4.79 Å². The summed E-state index contributed by atoms with van der Waals surface area (Å²) in [6, 6.07) is 11.2. The van der Waals surface area contributed by atoms with Crippen molar-refractivity contribution in [1.82, 2.24) is 15.6 Å². The first-order valence-corrected chi connectivity index (χ1v) is 8.49. The van der Waals surface area contributed by atoms with Gasteiger partial charge in [0.1, 0.15) is 0 Å². The Morgan fingerprint density at radius 2 is 1.96 bits per heavy atom. The summed E-state index contributed by atoms with van der Waals surface area (Å²) < 4.78 is 11.7. The van der Waals surface area contributed by atoms with Crippen LogP contribution >= 0.6 is 0 Å². The second-order valence-electron chi connectivity index (χ2n) is 5.50. The molecule has 6 heteroatoms. The Kier molecular flexibility index (Phi) is 7.72. The van der Waals surface area contributed by atoms with Crippen molar-refractivity contribution in [3.63, 3.8) is 0 Å². The number of pyridine rings is 1. The zero-order valence-corrected chi connectivity index (χ0v) is 14.7. The third kappa shape index (κ3) is 6.08. The van der Waals surface area contributed by atoms with E-state index in [2.05, 4.69) is 22.5 Å². The Morgan fingerprint density at radius 3 is 2.72 bits per heavy atom. The number of rotatable bonds is 10. The van der Waals surface area contributed by atoms with E-state index in [1.54, 1.807) is 6.20 Å². The van der Waals surface area contributed by atoms with Gasteiger partial charge < -0.3 is 20.1 Å². The molecule has 0 unspecified atom stereocenters. The predicted molar refractivity (Wildman–Crippen MR) is 96.9 cm³/mol. The maximum atomic E-state index is 11.8. The molecule has 1 aromatic carbocycles. The van der Waals surface area contributed by atoms with E-state index in [-0.39, 0.29) is 5.91 Å². The number of aromatic nitrogens is 1. The molecule has 0 aliphatic rings. The molecule has 6 nitrogen and oxygen atoms in total. The summed E-state index contributed by atoms with van der Waals surface area (Å²) in [5.41, 5.74) is 0.811. The molecule has 0 radical (unpaired) electrons. The molecule has 2 aromatic rings. The molecule has 2 rings (SSSR count). The lowest BCUT2D eigenvalue weighted by molar-refractivity contribution is -0.121. The van der Waals surface area contributed by atoms with Gasteiger partial charge in [-0.3, -0.25) is 4.79 Å². The predicted octanol–water partition coefficient (Wildman–Crippen LogP) is 2.89. The van der Waals surface area contributed by atoms with Crippen molar-refractivity contribution >= 4 is 5.91 Å². The minimum Gasteiger partial charge on any atom is -0.490 e. The van der Waals surface area contributed by atoms with Crippen LogP contribution in [0, 0.1) is 0 Å². The second-order valence-corrected chi connectivity index (χ2v) is 5.50. The quantitative estimate of drug-likeness (QED) is 0.694. The van der Waals surface area contributed by atoms with Gasteiger partial charge in [-0.05, 0) is 31.7 Å². The number of hydrogen-bond acceptors (Lipinski definition) is 5. The molecule has 0 aliphatic carbocycles. The number of ether oxygens (including phenoxy) is 2. The van der Waals surface area contributed by atoms with Crippen molar-refractivity contribution < 1.29 is 14.3 Å². The van der Waals surface area contributed by atoms with Crippen LogP contribution in [-0.4, -0.2) is 31.1 Å². The Balaban J connectivity index is 2.07. The first-order valence-electron chi connectivity index (χ1n) is 8.49. The zero-order valence-electron chi connectivity index (χ0n) is 14.7. The fraction of sp³-hybridized carbons (Fsp3) is 0.368. The zero-order chi connectivity index (χ0) is 17.9. The van der Waals surface area contributed by atoms with E-state index < -0.39 is 0 Å². The lowest BCUT2D eigenvalue weighted by Gasteiger charge is -2.14. The number of benzene rings is 1. The van der Waals surface area contributed by atoms with E-state index in [1.807, 2.05) is 43.4 Å². The third-order valence-electron chi connectivity index (χ3n) is 3.45. The molecular weight excluding hydrogens is 318 g/mol.